The first kappa shape index (κ1) is 18.2. The normalized spacial score (nSPS) is 17.3. The van der Waals surface area contributed by atoms with Gasteiger partial charge in [0.05, 0.1) is 7.11 Å². The molecule has 5 nitrogen and oxygen atoms in total. The standard InChI is InChI=1S/C14H22N2O3S.ClH/c1-11-3-4-13(19-2)14(9-11)20(17,18)16-7-5-12(10-15)6-8-16;/h3-4,9,12H,5-8,10,15H2,1-2H3;1H. The van der Waals surface area contributed by atoms with Gasteiger partial charge in [-0.15, -0.1) is 12.4 Å². The first-order valence-corrected chi connectivity index (χ1v) is 8.28. The molecule has 1 fully saturated rings. The van der Waals surface area contributed by atoms with E-state index in [2.05, 4.69) is 0 Å². The predicted molar refractivity (Wildman–Crippen MR) is 85.5 cm³/mol. The zero-order chi connectivity index (χ0) is 14.8. The topological polar surface area (TPSA) is 72.6 Å². The Kier molecular flexibility index (Phi) is 6.46. The zero-order valence-corrected chi connectivity index (χ0v) is 14.0. The monoisotopic (exact) mass is 334 g/mol. The minimum Gasteiger partial charge on any atom is -0.495 e. The third-order valence-corrected chi connectivity index (χ3v) is 5.76. The molecule has 1 saturated heterocycles. The molecule has 1 aliphatic heterocycles. The van der Waals surface area contributed by atoms with E-state index >= 15 is 0 Å². The summed E-state index contributed by atoms with van der Waals surface area (Å²) in [7, 11) is -2.00. The molecule has 0 aromatic heterocycles. The lowest BCUT2D eigenvalue weighted by molar-refractivity contribution is 0.277. The highest BCUT2D eigenvalue weighted by Gasteiger charge is 2.31. The number of ether oxygens (including phenoxy) is 1. The summed E-state index contributed by atoms with van der Waals surface area (Å²) in [5.41, 5.74) is 6.55. The SMILES string of the molecule is COc1ccc(C)cc1S(=O)(=O)N1CCC(CN)CC1.Cl. The van der Waals surface area contributed by atoms with Gasteiger partial charge in [0.15, 0.2) is 0 Å². The van der Waals surface area contributed by atoms with Crippen LogP contribution in [0.3, 0.4) is 0 Å². The van der Waals surface area contributed by atoms with Gasteiger partial charge in [-0.05, 0) is 49.9 Å². The van der Waals surface area contributed by atoms with Crippen molar-refractivity contribution in [2.24, 2.45) is 11.7 Å². The summed E-state index contributed by atoms with van der Waals surface area (Å²) in [5.74, 6) is 0.831. The number of hydrogen-bond acceptors (Lipinski definition) is 4. The summed E-state index contributed by atoms with van der Waals surface area (Å²) in [6, 6.07) is 5.22. The van der Waals surface area contributed by atoms with Crippen molar-refractivity contribution < 1.29 is 13.2 Å². The number of benzene rings is 1. The molecule has 0 bridgehead atoms. The van der Waals surface area contributed by atoms with Crippen molar-refractivity contribution in [1.29, 1.82) is 0 Å². The first-order chi connectivity index (χ1) is 9.48. The van der Waals surface area contributed by atoms with Crippen molar-refractivity contribution >= 4 is 22.4 Å². The third-order valence-electron chi connectivity index (χ3n) is 3.84. The average molecular weight is 335 g/mol. The second-order valence-corrected chi connectivity index (χ2v) is 7.14. The van der Waals surface area contributed by atoms with E-state index in [4.69, 9.17) is 10.5 Å². The van der Waals surface area contributed by atoms with Crippen LogP contribution in [-0.2, 0) is 10.0 Å². The van der Waals surface area contributed by atoms with E-state index in [1.807, 2.05) is 13.0 Å². The molecule has 0 amide bonds. The van der Waals surface area contributed by atoms with Crippen molar-refractivity contribution in [3.05, 3.63) is 23.8 Å². The lowest BCUT2D eigenvalue weighted by atomic mass is 9.99. The molecule has 7 heteroatoms. The molecule has 0 atom stereocenters. The van der Waals surface area contributed by atoms with Crippen molar-refractivity contribution in [1.82, 2.24) is 4.31 Å². The molecule has 1 heterocycles. The van der Waals surface area contributed by atoms with E-state index in [1.165, 1.54) is 11.4 Å². The number of piperidine rings is 1. The number of hydrogen-bond donors (Lipinski definition) is 1. The second kappa shape index (κ2) is 7.45. The van der Waals surface area contributed by atoms with Gasteiger partial charge in [0.2, 0.25) is 10.0 Å². The maximum Gasteiger partial charge on any atom is 0.246 e. The van der Waals surface area contributed by atoms with E-state index in [0.717, 1.165) is 18.4 Å². The van der Waals surface area contributed by atoms with Crippen molar-refractivity contribution in [3.63, 3.8) is 0 Å². The van der Waals surface area contributed by atoms with Gasteiger partial charge in [0.1, 0.15) is 10.6 Å². The highest BCUT2D eigenvalue weighted by atomic mass is 35.5. The maximum atomic E-state index is 12.7. The van der Waals surface area contributed by atoms with Crippen LogP contribution in [0, 0.1) is 12.8 Å². The van der Waals surface area contributed by atoms with Gasteiger partial charge < -0.3 is 10.5 Å². The second-order valence-electron chi connectivity index (χ2n) is 5.24. The lowest BCUT2D eigenvalue weighted by Crippen LogP contribution is -2.40. The van der Waals surface area contributed by atoms with Crippen molar-refractivity contribution in [2.75, 3.05) is 26.7 Å². The fraction of sp³-hybridized carbons (Fsp3) is 0.571. The summed E-state index contributed by atoms with van der Waals surface area (Å²) in [6.45, 7) is 3.56. The molecular weight excluding hydrogens is 312 g/mol. The van der Waals surface area contributed by atoms with Gasteiger partial charge in [-0.3, -0.25) is 0 Å². The molecule has 2 rings (SSSR count). The summed E-state index contributed by atoms with van der Waals surface area (Å²) in [4.78, 5) is 0.256. The Morgan fingerprint density at radius 3 is 2.48 bits per heavy atom. The van der Waals surface area contributed by atoms with Gasteiger partial charge in [-0.1, -0.05) is 6.07 Å². The van der Waals surface area contributed by atoms with Crippen LogP contribution in [0.4, 0.5) is 0 Å². The fourth-order valence-corrected chi connectivity index (χ4v) is 4.22. The van der Waals surface area contributed by atoms with E-state index in [1.54, 1.807) is 12.1 Å². The Morgan fingerprint density at radius 2 is 1.95 bits per heavy atom. The molecule has 0 spiro atoms. The van der Waals surface area contributed by atoms with Crippen LogP contribution in [-0.4, -0.2) is 39.5 Å². The quantitative estimate of drug-likeness (QED) is 0.911. The first-order valence-electron chi connectivity index (χ1n) is 6.84. The molecule has 0 radical (unpaired) electrons. The smallest absolute Gasteiger partial charge is 0.246 e. The molecule has 0 unspecified atom stereocenters. The van der Waals surface area contributed by atoms with Crippen LogP contribution in [0.2, 0.25) is 0 Å². The molecule has 1 aliphatic rings. The van der Waals surface area contributed by atoms with Crippen LogP contribution < -0.4 is 10.5 Å². The van der Waals surface area contributed by atoms with Gasteiger partial charge in [-0.25, -0.2) is 8.42 Å². The summed E-state index contributed by atoms with van der Waals surface area (Å²) in [5, 5.41) is 0. The van der Waals surface area contributed by atoms with E-state index in [0.29, 0.717) is 31.3 Å². The molecule has 0 saturated carbocycles. The summed E-state index contributed by atoms with van der Waals surface area (Å²) < 4.78 is 32.2. The fourth-order valence-electron chi connectivity index (χ4n) is 2.51. The summed E-state index contributed by atoms with van der Waals surface area (Å²) in [6.07, 6.45) is 1.65. The molecule has 120 valence electrons. The Bertz CT molecular complexity index is 570. The Balaban J connectivity index is 0.00000220. The van der Waals surface area contributed by atoms with Crippen LogP contribution >= 0.6 is 12.4 Å². The largest absolute Gasteiger partial charge is 0.495 e. The van der Waals surface area contributed by atoms with Crippen molar-refractivity contribution in [3.8, 4) is 5.75 Å². The Labute approximate surface area is 132 Å². The lowest BCUT2D eigenvalue weighted by Gasteiger charge is -2.30. The molecule has 21 heavy (non-hydrogen) atoms. The van der Waals surface area contributed by atoms with Gasteiger partial charge >= 0.3 is 0 Å². The summed E-state index contributed by atoms with van der Waals surface area (Å²) >= 11 is 0. The number of sulfonamides is 1. The van der Waals surface area contributed by atoms with Gasteiger partial charge in [-0.2, -0.15) is 4.31 Å². The number of methoxy groups -OCH3 is 1. The minimum absolute atomic E-state index is 0. The highest BCUT2D eigenvalue weighted by Crippen LogP contribution is 2.30. The highest BCUT2D eigenvalue weighted by molar-refractivity contribution is 7.89. The zero-order valence-electron chi connectivity index (χ0n) is 12.4. The average Bonchev–Trinajstić information content (AvgIpc) is 2.47. The van der Waals surface area contributed by atoms with E-state index in [9.17, 15) is 8.42 Å². The molecule has 1 aromatic rings. The van der Waals surface area contributed by atoms with Crippen LogP contribution in [0.5, 0.6) is 5.75 Å². The van der Waals surface area contributed by atoms with E-state index in [-0.39, 0.29) is 17.3 Å². The number of nitrogens with two attached hydrogens (primary N) is 1. The van der Waals surface area contributed by atoms with Gasteiger partial charge in [0, 0.05) is 13.1 Å². The number of nitrogens with zero attached hydrogens (tertiary/aromatic N) is 1. The molecule has 2 N–H and O–H groups in total. The van der Waals surface area contributed by atoms with Crippen LogP contribution in [0.25, 0.3) is 0 Å². The van der Waals surface area contributed by atoms with Crippen LogP contribution in [0.15, 0.2) is 23.1 Å². The number of rotatable bonds is 4. The van der Waals surface area contributed by atoms with E-state index < -0.39 is 10.0 Å². The molecule has 0 aliphatic carbocycles. The van der Waals surface area contributed by atoms with Crippen molar-refractivity contribution in [2.45, 2.75) is 24.7 Å². The molecular formula is C14H23ClN2O3S. The predicted octanol–water partition coefficient (Wildman–Crippen LogP) is 1.78. The Morgan fingerprint density at radius 1 is 1.33 bits per heavy atom. The van der Waals surface area contributed by atoms with Crippen LogP contribution in [0.1, 0.15) is 18.4 Å². The minimum atomic E-state index is -3.49. The van der Waals surface area contributed by atoms with Gasteiger partial charge in [0.25, 0.3) is 0 Å². The number of halogens is 1. The Hall–Kier alpha value is -0.820. The third kappa shape index (κ3) is 3.88. The maximum absolute atomic E-state index is 12.7. The molecule has 1 aromatic carbocycles. The number of aryl methyl sites for hydroxylation is 1.